The van der Waals surface area contributed by atoms with Gasteiger partial charge in [-0.25, -0.2) is 0 Å². The topological polar surface area (TPSA) is 9.03 Å². The van der Waals surface area contributed by atoms with Crippen LogP contribution < -0.4 is 4.40 Å². The predicted octanol–water partition coefficient (Wildman–Crippen LogP) is 4.30. The smallest absolute Gasteiger partial charge is 0.199 e. The number of nitrogens with zero attached hydrogens (tertiary/aromatic N) is 2. The van der Waals surface area contributed by atoms with E-state index in [1.807, 2.05) is 0 Å². The number of para-hydroxylation sites is 1. The minimum absolute atomic E-state index is 0.0680. The fourth-order valence-electron chi connectivity index (χ4n) is 3.95. The third-order valence-corrected chi connectivity index (χ3v) is 5.25. The van der Waals surface area contributed by atoms with E-state index in [9.17, 15) is 0 Å². The maximum absolute atomic E-state index is 4.38. The molecule has 5 rings (SSSR count). The molecule has 0 aliphatic carbocycles. The van der Waals surface area contributed by atoms with Crippen molar-refractivity contribution in [1.29, 1.82) is 0 Å². The van der Waals surface area contributed by atoms with E-state index in [-0.39, 0.29) is 5.41 Å². The highest BCUT2D eigenvalue weighted by atomic mass is 15.1. The maximum atomic E-state index is 4.38. The Morgan fingerprint density at radius 1 is 1.00 bits per heavy atom. The Labute approximate surface area is 128 Å². The first kappa shape index (κ1) is 12.0. The number of allylic oxidation sites excluding steroid dienone is 1. The van der Waals surface area contributed by atoms with Crippen molar-refractivity contribution in [2.75, 3.05) is 0 Å². The first-order valence-electron chi connectivity index (χ1n) is 7.67. The Morgan fingerprint density at radius 2 is 1.77 bits per heavy atom. The molecule has 0 radical (unpaired) electrons. The molecule has 0 atom stereocenters. The van der Waals surface area contributed by atoms with Gasteiger partial charge in [-0.15, -0.1) is 0 Å². The van der Waals surface area contributed by atoms with E-state index in [1.165, 1.54) is 32.9 Å². The van der Waals surface area contributed by atoms with Gasteiger partial charge in [-0.05, 0) is 25.5 Å². The van der Waals surface area contributed by atoms with Crippen LogP contribution in [0.4, 0.5) is 0 Å². The van der Waals surface area contributed by atoms with E-state index in [0.29, 0.717) is 0 Å². The molecule has 0 N–H and O–H groups in total. The second kappa shape index (κ2) is 3.58. The van der Waals surface area contributed by atoms with Crippen LogP contribution in [-0.4, -0.2) is 4.57 Å². The highest BCUT2D eigenvalue weighted by molar-refractivity contribution is 6.12. The molecule has 1 aliphatic heterocycles. The number of fused-ring (bicyclic) bond motifs is 3. The van der Waals surface area contributed by atoms with Crippen molar-refractivity contribution < 1.29 is 4.40 Å². The Morgan fingerprint density at radius 3 is 2.64 bits per heavy atom. The molecule has 4 aromatic rings. The van der Waals surface area contributed by atoms with E-state index in [0.717, 1.165) is 5.70 Å². The predicted molar refractivity (Wildman–Crippen MR) is 91.0 cm³/mol. The lowest BCUT2D eigenvalue weighted by atomic mass is 9.77. The minimum Gasteiger partial charge on any atom is -0.199 e. The molecule has 22 heavy (non-hydrogen) atoms. The van der Waals surface area contributed by atoms with Gasteiger partial charge in [-0.3, -0.25) is 0 Å². The molecule has 106 valence electrons. The molecule has 0 fully saturated rings. The molecule has 0 saturated carbocycles. The largest absolute Gasteiger partial charge is 0.299 e. The van der Waals surface area contributed by atoms with Crippen molar-refractivity contribution in [3.8, 4) is 0 Å². The van der Waals surface area contributed by atoms with E-state index in [2.05, 4.69) is 84.3 Å². The van der Waals surface area contributed by atoms with Gasteiger partial charge in [0.15, 0.2) is 0 Å². The molecule has 1 aliphatic rings. The zero-order valence-corrected chi connectivity index (χ0v) is 12.8. The first-order chi connectivity index (χ1) is 10.6. The van der Waals surface area contributed by atoms with Gasteiger partial charge >= 0.3 is 0 Å². The van der Waals surface area contributed by atoms with Crippen molar-refractivity contribution in [2.45, 2.75) is 19.3 Å². The summed E-state index contributed by atoms with van der Waals surface area (Å²) in [4.78, 5) is 0. The van der Waals surface area contributed by atoms with Crippen LogP contribution in [0.1, 0.15) is 19.4 Å². The van der Waals surface area contributed by atoms with Gasteiger partial charge in [-0.2, -0.15) is 8.97 Å². The summed E-state index contributed by atoms with van der Waals surface area (Å²) in [7, 11) is 0. The lowest BCUT2D eigenvalue weighted by molar-refractivity contribution is -0.478. The van der Waals surface area contributed by atoms with Gasteiger partial charge in [0.2, 0.25) is 0 Å². The van der Waals surface area contributed by atoms with Crippen molar-refractivity contribution >= 4 is 33.0 Å². The zero-order valence-electron chi connectivity index (χ0n) is 12.8. The summed E-state index contributed by atoms with van der Waals surface area (Å²) in [6.07, 6.45) is 4.29. The molecular weight excluding hydrogens is 268 g/mol. The van der Waals surface area contributed by atoms with Gasteiger partial charge in [-0.1, -0.05) is 43.0 Å². The van der Waals surface area contributed by atoms with Crippen molar-refractivity contribution in [2.24, 2.45) is 0 Å². The molecule has 3 heterocycles. The molecule has 0 amide bonds. The van der Waals surface area contributed by atoms with Crippen LogP contribution >= 0.6 is 0 Å². The molecule has 0 unspecified atom stereocenters. The molecule has 2 aromatic carbocycles. The fraction of sp³-hybridized carbons (Fsp3) is 0.150. The standard InChI is InChI=1S/C20H17N2/c1-13-20(2,3)16-9-6-8-15-14-7-4-5-10-17(14)22-12-11-21(13)19(22)18(15)16/h4-12H,1H2,2-3H3/q+1. The van der Waals surface area contributed by atoms with Crippen molar-refractivity contribution in [3.05, 3.63) is 67.0 Å². The quantitative estimate of drug-likeness (QED) is 0.336. The Bertz CT molecular complexity index is 1110. The zero-order chi connectivity index (χ0) is 15.1. The lowest BCUT2D eigenvalue weighted by Gasteiger charge is -2.30. The summed E-state index contributed by atoms with van der Waals surface area (Å²) in [6, 6.07) is 15.3. The Balaban J connectivity index is 2.24. The number of hydrogen-bond acceptors (Lipinski definition) is 0. The Hall–Kier alpha value is -2.61. The van der Waals surface area contributed by atoms with Crippen LogP contribution in [0, 0.1) is 0 Å². The highest BCUT2D eigenvalue weighted by Gasteiger charge is 2.38. The molecule has 0 bridgehead atoms. The SMILES string of the molecule is C=C1n2cc[n+]3c4ccccc4c4cccc(c4c23)C1(C)C. The average molecular weight is 285 g/mol. The molecule has 0 spiro atoms. The second-order valence-electron chi connectivity index (χ2n) is 6.68. The summed E-state index contributed by atoms with van der Waals surface area (Å²) in [5.74, 6) is 0. The van der Waals surface area contributed by atoms with Crippen LogP contribution in [0.15, 0.2) is 61.4 Å². The molecule has 0 saturated heterocycles. The summed E-state index contributed by atoms with van der Waals surface area (Å²) >= 11 is 0. The van der Waals surface area contributed by atoms with Crippen LogP contribution in [0.2, 0.25) is 0 Å². The van der Waals surface area contributed by atoms with Crippen LogP contribution in [-0.2, 0) is 5.41 Å². The highest BCUT2D eigenvalue weighted by Crippen LogP contribution is 2.44. The summed E-state index contributed by atoms with van der Waals surface area (Å²) in [5.41, 5.74) is 4.90. The number of pyridine rings is 1. The van der Waals surface area contributed by atoms with E-state index < -0.39 is 0 Å². The van der Waals surface area contributed by atoms with E-state index >= 15 is 0 Å². The van der Waals surface area contributed by atoms with Gasteiger partial charge < -0.3 is 0 Å². The van der Waals surface area contributed by atoms with E-state index in [1.54, 1.807) is 0 Å². The average Bonchev–Trinajstić information content (AvgIpc) is 2.98. The maximum Gasteiger partial charge on any atom is 0.299 e. The number of rotatable bonds is 0. The summed E-state index contributed by atoms with van der Waals surface area (Å²) in [6.45, 7) is 8.91. The fourth-order valence-corrected chi connectivity index (χ4v) is 3.95. The van der Waals surface area contributed by atoms with Gasteiger partial charge in [0.25, 0.3) is 5.65 Å². The minimum atomic E-state index is -0.0680. The molecule has 2 nitrogen and oxygen atoms in total. The summed E-state index contributed by atoms with van der Waals surface area (Å²) in [5, 5.41) is 3.98. The third-order valence-electron chi connectivity index (χ3n) is 5.25. The number of hydrogen-bond donors (Lipinski definition) is 0. The first-order valence-corrected chi connectivity index (χ1v) is 7.67. The monoisotopic (exact) mass is 285 g/mol. The summed E-state index contributed by atoms with van der Waals surface area (Å²) < 4.78 is 4.54. The van der Waals surface area contributed by atoms with Crippen LogP contribution in [0.5, 0.6) is 0 Å². The molecular formula is C20H17N2+. The second-order valence-corrected chi connectivity index (χ2v) is 6.68. The number of aromatic nitrogens is 2. The van der Waals surface area contributed by atoms with Gasteiger partial charge in [0.05, 0.1) is 10.8 Å². The molecule has 2 heteroatoms. The third kappa shape index (κ3) is 1.16. The van der Waals surface area contributed by atoms with E-state index in [4.69, 9.17) is 0 Å². The van der Waals surface area contributed by atoms with Crippen LogP contribution in [0.25, 0.3) is 33.0 Å². The molecule has 2 aromatic heterocycles. The lowest BCUT2D eigenvalue weighted by Crippen LogP contribution is -2.30. The number of benzene rings is 2. The van der Waals surface area contributed by atoms with Gasteiger partial charge in [0, 0.05) is 10.8 Å². The Kier molecular flexibility index (Phi) is 1.95. The van der Waals surface area contributed by atoms with Gasteiger partial charge in [0.1, 0.15) is 23.6 Å². The van der Waals surface area contributed by atoms with Crippen molar-refractivity contribution in [1.82, 2.24) is 4.57 Å². The van der Waals surface area contributed by atoms with Crippen LogP contribution in [0.3, 0.4) is 0 Å². The normalized spacial score (nSPS) is 16.2. The van der Waals surface area contributed by atoms with Crippen molar-refractivity contribution in [3.63, 3.8) is 0 Å². The number of imidazole rings is 1.